The van der Waals surface area contributed by atoms with Gasteiger partial charge in [0.2, 0.25) is 0 Å². The molecule has 6 heteroatoms. The molecule has 106 valence electrons. The van der Waals surface area contributed by atoms with E-state index in [2.05, 4.69) is 15.3 Å². The third kappa shape index (κ3) is 2.62. The van der Waals surface area contributed by atoms with Crippen LogP contribution in [0.15, 0.2) is 47.9 Å². The van der Waals surface area contributed by atoms with Crippen molar-refractivity contribution in [2.24, 2.45) is 0 Å². The lowest BCUT2D eigenvalue weighted by Crippen LogP contribution is -2.13. The minimum Gasteiger partial charge on any atom is -0.305 e. The lowest BCUT2D eigenvalue weighted by molar-refractivity contribution is 0.102. The average Bonchev–Trinajstić information content (AvgIpc) is 2.88. The summed E-state index contributed by atoms with van der Waals surface area (Å²) in [6.45, 7) is 1.95. The minimum atomic E-state index is -0.254. The van der Waals surface area contributed by atoms with E-state index in [1.807, 2.05) is 48.0 Å². The van der Waals surface area contributed by atoms with Crippen LogP contribution in [0.2, 0.25) is 0 Å². The molecule has 0 spiro atoms. The van der Waals surface area contributed by atoms with Crippen molar-refractivity contribution in [2.45, 2.75) is 12.1 Å². The van der Waals surface area contributed by atoms with Gasteiger partial charge in [0, 0.05) is 12.4 Å². The van der Waals surface area contributed by atoms with Crippen LogP contribution in [0.1, 0.15) is 16.1 Å². The number of carbonyl (C=O) groups is 1. The number of nitrogens with zero attached hydrogens (tertiary/aromatic N) is 3. The normalized spacial score (nSPS) is 10.8. The molecule has 3 rings (SSSR count). The molecule has 5 nitrogen and oxygen atoms in total. The molecule has 0 bridgehead atoms. The second-order valence-corrected chi connectivity index (χ2v) is 5.35. The molecule has 0 aromatic carbocycles. The number of carbonyl (C=O) groups excluding carboxylic acids is 1. The quantitative estimate of drug-likeness (QED) is 0.755. The van der Waals surface area contributed by atoms with Crippen LogP contribution >= 0.6 is 11.8 Å². The van der Waals surface area contributed by atoms with Crippen molar-refractivity contribution in [2.75, 3.05) is 11.6 Å². The zero-order valence-corrected chi connectivity index (χ0v) is 12.5. The number of fused-ring (bicyclic) bond motifs is 1. The Bertz CT molecular complexity index is 795. The monoisotopic (exact) mass is 298 g/mol. The molecule has 0 unspecified atom stereocenters. The van der Waals surface area contributed by atoms with Gasteiger partial charge in [-0.25, -0.2) is 9.97 Å². The molecular formula is C15H14N4OS. The molecule has 0 aliphatic carbocycles. The van der Waals surface area contributed by atoms with Gasteiger partial charge in [-0.3, -0.25) is 9.20 Å². The summed E-state index contributed by atoms with van der Waals surface area (Å²) in [7, 11) is 0. The first-order chi connectivity index (χ1) is 10.2. The number of aryl methyl sites for hydroxylation is 1. The Kier molecular flexibility index (Phi) is 3.62. The molecule has 0 aliphatic rings. The summed E-state index contributed by atoms with van der Waals surface area (Å²) in [6, 6.07) is 9.37. The van der Waals surface area contributed by atoms with E-state index in [0.29, 0.717) is 11.5 Å². The van der Waals surface area contributed by atoms with Crippen molar-refractivity contribution in [3.05, 3.63) is 54.0 Å². The van der Waals surface area contributed by atoms with Crippen LogP contribution in [-0.2, 0) is 0 Å². The standard InChI is InChI=1S/C15H14N4OS/c1-10-6-7-12(16-9-10)17-14(20)13-11-5-3-4-8-19(11)15(18-13)21-2/h3-9H,1-2H3,(H,16,17,20). The molecule has 1 N–H and O–H groups in total. The Hall–Kier alpha value is -2.34. The minimum absolute atomic E-state index is 0.254. The lowest BCUT2D eigenvalue weighted by Gasteiger charge is -2.02. The molecular weight excluding hydrogens is 284 g/mol. The van der Waals surface area contributed by atoms with Gasteiger partial charge in [0.1, 0.15) is 5.82 Å². The molecule has 3 aromatic rings. The van der Waals surface area contributed by atoms with E-state index in [0.717, 1.165) is 16.2 Å². The van der Waals surface area contributed by atoms with Crippen molar-refractivity contribution in [1.29, 1.82) is 0 Å². The van der Waals surface area contributed by atoms with Crippen molar-refractivity contribution < 1.29 is 4.79 Å². The predicted molar refractivity (Wildman–Crippen MR) is 83.9 cm³/mol. The molecule has 1 amide bonds. The van der Waals surface area contributed by atoms with Gasteiger partial charge in [0.05, 0.1) is 5.52 Å². The second kappa shape index (κ2) is 5.57. The van der Waals surface area contributed by atoms with E-state index in [1.54, 1.807) is 12.3 Å². The summed E-state index contributed by atoms with van der Waals surface area (Å²) in [5, 5.41) is 3.56. The molecule has 3 aromatic heterocycles. The summed E-state index contributed by atoms with van der Waals surface area (Å²) < 4.78 is 1.90. The first kappa shape index (κ1) is 13.6. The van der Waals surface area contributed by atoms with E-state index >= 15 is 0 Å². The first-order valence-electron chi connectivity index (χ1n) is 6.44. The van der Waals surface area contributed by atoms with Gasteiger partial charge in [0.15, 0.2) is 10.9 Å². The van der Waals surface area contributed by atoms with Crippen LogP contribution < -0.4 is 5.32 Å². The van der Waals surface area contributed by atoms with Crippen LogP contribution in [0, 0.1) is 6.92 Å². The highest BCUT2D eigenvalue weighted by Crippen LogP contribution is 2.20. The van der Waals surface area contributed by atoms with Crippen LogP contribution in [0.3, 0.4) is 0 Å². The number of amides is 1. The number of rotatable bonds is 3. The number of aromatic nitrogens is 3. The number of thioether (sulfide) groups is 1. The number of pyridine rings is 2. The van der Waals surface area contributed by atoms with Gasteiger partial charge in [-0.15, -0.1) is 0 Å². The van der Waals surface area contributed by atoms with Gasteiger partial charge < -0.3 is 5.32 Å². The van der Waals surface area contributed by atoms with Crippen LogP contribution in [0.5, 0.6) is 0 Å². The molecule has 0 radical (unpaired) electrons. The maximum Gasteiger partial charge on any atom is 0.277 e. The summed E-state index contributed by atoms with van der Waals surface area (Å²) in [4.78, 5) is 21.0. The highest BCUT2D eigenvalue weighted by molar-refractivity contribution is 7.98. The maximum absolute atomic E-state index is 12.4. The predicted octanol–water partition coefficient (Wildman–Crippen LogP) is 3.01. The summed E-state index contributed by atoms with van der Waals surface area (Å²) in [5.41, 5.74) is 2.24. The highest BCUT2D eigenvalue weighted by Gasteiger charge is 2.17. The van der Waals surface area contributed by atoms with Crippen molar-refractivity contribution in [3.63, 3.8) is 0 Å². The number of hydrogen-bond donors (Lipinski definition) is 1. The fourth-order valence-corrected chi connectivity index (χ4v) is 2.58. The Morgan fingerprint density at radius 1 is 1.29 bits per heavy atom. The van der Waals surface area contributed by atoms with Crippen molar-refractivity contribution in [1.82, 2.24) is 14.4 Å². The van der Waals surface area contributed by atoms with E-state index < -0.39 is 0 Å². The van der Waals surface area contributed by atoms with Gasteiger partial charge in [-0.2, -0.15) is 0 Å². The van der Waals surface area contributed by atoms with Crippen LogP contribution in [0.25, 0.3) is 5.52 Å². The Balaban J connectivity index is 1.96. The van der Waals surface area contributed by atoms with E-state index in [-0.39, 0.29) is 5.91 Å². The third-order valence-electron chi connectivity index (χ3n) is 3.07. The molecule has 21 heavy (non-hydrogen) atoms. The first-order valence-corrected chi connectivity index (χ1v) is 7.66. The fourth-order valence-electron chi connectivity index (χ4n) is 2.04. The molecule has 0 saturated heterocycles. The fraction of sp³-hybridized carbons (Fsp3) is 0.133. The van der Waals surface area contributed by atoms with E-state index in [1.165, 1.54) is 11.8 Å². The van der Waals surface area contributed by atoms with E-state index in [9.17, 15) is 4.79 Å². The molecule has 0 fully saturated rings. The molecule has 0 aliphatic heterocycles. The summed E-state index contributed by atoms with van der Waals surface area (Å²) in [6.07, 6.45) is 5.55. The number of nitrogens with one attached hydrogen (secondary N) is 1. The number of imidazole rings is 1. The molecule has 3 heterocycles. The van der Waals surface area contributed by atoms with Crippen LogP contribution in [0.4, 0.5) is 5.82 Å². The zero-order chi connectivity index (χ0) is 14.8. The zero-order valence-electron chi connectivity index (χ0n) is 11.7. The molecule has 0 atom stereocenters. The van der Waals surface area contributed by atoms with Gasteiger partial charge in [0.25, 0.3) is 5.91 Å². The number of anilines is 1. The second-order valence-electron chi connectivity index (χ2n) is 4.58. The Labute approximate surface area is 126 Å². The molecule has 0 saturated carbocycles. The van der Waals surface area contributed by atoms with E-state index in [4.69, 9.17) is 0 Å². The average molecular weight is 298 g/mol. The highest BCUT2D eigenvalue weighted by atomic mass is 32.2. The Morgan fingerprint density at radius 3 is 2.86 bits per heavy atom. The summed E-state index contributed by atoms with van der Waals surface area (Å²) in [5.74, 6) is 0.267. The lowest BCUT2D eigenvalue weighted by atomic mass is 10.3. The van der Waals surface area contributed by atoms with Gasteiger partial charge in [-0.1, -0.05) is 23.9 Å². The SMILES string of the molecule is CSc1nc(C(=O)Nc2ccc(C)cn2)c2ccccn12. The summed E-state index contributed by atoms with van der Waals surface area (Å²) >= 11 is 1.50. The number of hydrogen-bond acceptors (Lipinski definition) is 4. The van der Waals surface area contributed by atoms with Crippen LogP contribution in [-0.4, -0.2) is 26.5 Å². The van der Waals surface area contributed by atoms with Crippen molar-refractivity contribution in [3.8, 4) is 0 Å². The Morgan fingerprint density at radius 2 is 2.14 bits per heavy atom. The van der Waals surface area contributed by atoms with Gasteiger partial charge in [-0.05, 0) is 36.9 Å². The third-order valence-corrected chi connectivity index (χ3v) is 3.72. The van der Waals surface area contributed by atoms with Gasteiger partial charge >= 0.3 is 0 Å². The largest absolute Gasteiger partial charge is 0.305 e. The van der Waals surface area contributed by atoms with Crippen molar-refractivity contribution >= 4 is 29.0 Å². The maximum atomic E-state index is 12.4. The smallest absolute Gasteiger partial charge is 0.277 e. The topological polar surface area (TPSA) is 59.3 Å².